The summed E-state index contributed by atoms with van der Waals surface area (Å²) in [6, 6.07) is 43.9. The summed E-state index contributed by atoms with van der Waals surface area (Å²) in [7, 11) is 0. The molecule has 0 aromatic heterocycles. The van der Waals surface area contributed by atoms with Gasteiger partial charge in [0, 0.05) is 23.5 Å². The van der Waals surface area contributed by atoms with Crippen molar-refractivity contribution in [1.29, 1.82) is 0 Å². The van der Waals surface area contributed by atoms with Gasteiger partial charge in [0.15, 0.2) is 0 Å². The fraction of sp³-hybridized carbons (Fsp3) is 0.0625. The van der Waals surface area contributed by atoms with Gasteiger partial charge in [-0.25, -0.2) is 0 Å². The van der Waals surface area contributed by atoms with Crippen LogP contribution in [0.15, 0.2) is 121 Å². The molecule has 5 aromatic carbocycles. The van der Waals surface area contributed by atoms with Crippen LogP contribution in [-0.2, 0) is 6.42 Å². The Labute approximate surface area is 195 Å². The van der Waals surface area contributed by atoms with Crippen molar-refractivity contribution in [3.8, 4) is 22.3 Å². The largest absolute Gasteiger partial charge is 0.310 e. The Morgan fingerprint density at radius 2 is 0.970 bits per heavy atom. The second kappa shape index (κ2) is 8.11. The third-order valence-electron chi connectivity index (χ3n) is 6.53. The molecule has 1 aliphatic heterocycles. The Morgan fingerprint density at radius 1 is 0.485 bits per heavy atom. The number of fused-ring (bicyclic) bond motifs is 2. The van der Waals surface area contributed by atoms with Crippen LogP contribution in [0.5, 0.6) is 0 Å². The molecule has 33 heavy (non-hydrogen) atoms. The van der Waals surface area contributed by atoms with E-state index in [-0.39, 0.29) is 0 Å². The van der Waals surface area contributed by atoms with Crippen molar-refractivity contribution in [3.63, 3.8) is 0 Å². The van der Waals surface area contributed by atoms with E-state index in [2.05, 4.69) is 133 Å². The minimum Gasteiger partial charge on any atom is -0.310 e. The van der Waals surface area contributed by atoms with Gasteiger partial charge in [-0.1, -0.05) is 90.5 Å². The number of para-hydroxylation sites is 1. The lowest BCUT2D eigenvalue weighted by Gasteiger charge is -2.34. The van der Waals surface area contributed by atoms with Gasteiger partial charge in [-0.05, 0) is 76.7 Å². The van der Waals surface area contributed by atoms with Crippen LogP contribution in [0.1, 0.15) is 16.7 Å². The summed E-state index contributed by atoms with van der Waals surface area (Å²) in [4.78, 5) is 2.40. The van der Waals surface area contributed by atoms with Crippen molar-refractivity contribution in [2.45, 2.75) is 13.3 Å². The summed E-state index contributed by atoms with van der Waals surface area (Å²) in [5.41, 5.74) is 12.8. The van der Waals surface area contributed by atoms with E-state index in [9.17, 15) is 0 Å². The molecule has 0 fully saturated rings. The van der Waals surface area contributed by atoms with Crippen LogP contribution in [0.3, 0.4) is 0 Å². The number of benzene rings is 5. The van der Waals surface area contributed by atoms with Crippen molar-refractivity contribution >= 4 is 17.1 Å². The molecule has 0 unspecified atom stereocenters. The molecule has 0 N–H and O–H groups in total. The van der Waals surface area contributed by atoms with Crippen molar-refractivity contribution in [2.24, 2.45) is 0 Å². The minimum absolute atomic E-state index is 0.925. The molecule has 0 bridgehead atoms. The highest BCUT2D eigenvalue weighted by atomic mass is 15.2. The van der Waals surface area contributed by atoms with Crippen molar-refractivity contribution in [3.05, 3.63) is 138 Å². The first-order chi connectivity index (χ1) is 16.3. The number of hydrogen-bond acceptors (Lipinski definition) is 1. The minimum atomic E-state index is 0.925. The standard InChI is InChI=1S/C32H25N/c1-23-12-14-25(15-13-23)27-17-19-32-29(21-27)22-28-20-26(24-8-4-2-5-9-24)16-18-31(28)33(32)30-10-6-3-7-11-30/h2-21H,22H2,1H3. The fourth-order valence-electron chi connectivity index (χ4n) is 4.82. The van der Waals surface area contributed by atoms with E-state index in [1.54, 1.807) is 0 Å². The molecule has 0 radical (unpaired) electrons. The third kappa shape index (κ3) is 3.62. The molecule has 0 aliphatic carbocycles. The first-order valence-corrected chi connectivity index (χ1v) is 11.5. The Hall–Kier alpha value is -4.10. The summed E-state index contributed by atoms with van der Waals surface area (Å²) in [6.07, 6.45) is 0.925. The van der Waals surface area contributed by atoms with E-state index >= 15 is 0 Å². The highest BCUT2D eigenvalue weighted by Gasteiger charge is 2.24. The first kappa shape index (κ1) is 19.6. The van der Waals surface area contributed by atoms with Crippen molar-refractivity contribution in [2.75, 3.05) is 4.90 Å². The lowest BCUT2D eigenvalue weighted by atomic mass is 9.90. The molecule has 0 atom stereocenters. The normalized spacial score (nSPS) is 12.2. The number of hydrogen-bond donors (Lipinski definition) is 0. The molecule has 1 heterocycles. The second-order valence-electron chi connectivity index (χ2n) is 8.77. The highest BCUT2D eigenvalue weighted by molar-refractivity contribution is 5.86. The van der Waals surface area contributed by atoms with Gasteiger partial charge < -0.3 is 4.90 Å². The van der Waals surface area contributed by atoms with Crippen molar-refractivity contribution in [1.82, 2.24) is 0 Å². The Morgan fingerprint density at radius 3 is 1.55 bits per heavy atom. The maximum absolute atomic E-state index is 2.40. The van der Waals surface area contributed by atoms with Crippen LogP contribution in [0.25, 0.3) is 22.3 Å². The third-order valence-corrected chi connectivity index (χ3v) is 6.53. The van der Waals surface area contributed by atoms with E-state index in [1.807, 2.05) is 0 Å². The van der Waals surface area contributed by atoms with Gasteiger partial charge >= 0.3 is 0 Å². The highest BCUT2D eigenvalue weighted by Crippen LogP contribution is 2.45. The summed E-state index contributed by atoms with van der Waals surface area (Å²) < 4.78 is 0. The maximum Gasteiger partial charge on any atom is 0.0497 e. The Bertz CT molecular complexity index is 1420. The molecule has 0 spiro atoms. The van der Waals surface area contributed by atoms with Crippen LogP contribution in [0.4, 0.5) is 17.1 Å². The molecular weight excluding hydrogens is 398 g/mol. The predicted octanol–water partition coefficient (Wildman–Crippen LogP) is 8.70. The maximum atomic E-state index is 2.40. The molecular formula is C32H25N. The summed E-state index contributed by atoms with van der Waals surface area (Å²) >= 11 is 0. The zero-order valence-corrected chi connectivity index (χ0v) is 18.7. The summed E-state index contributed by atoms with van der Waals surface area (Å²) in [5.74, 6) is 0. The molecule has 5 aromatic rings. The summed E-state index contributed by atoms with van der Waals surface area (Å²) in [6.45, 7) is 2.13. The average Bonchev–Trinajstić information content (AvgIpc) is 2.88. The molecule has 1 aliphatic rings. The van der Waals surface area contributed by atoms with Gasteiger partial charge in [0.2, 0.25) is 0 Å². The second-order valence-corrected chi connectivity index (χ2v) is 8.77. The van der Waals surface area contributed by atoms with Gasteiger partial charge in [-0.2, -0.15) is 0 Å². The molecule has 1 heteroatoms. The van der Waals surface area contributed by atoms with Gasteiger partial charge in [0.1, 0.15) is 0 Å². The van der Waals surface area contributed by atoms with Crippen LogP contribution in [0.2, 0.25) is 0 Å². The number of aryl methyl sites for hydroxylation is 1. The van der Waals surface area contributed by atoms with Gasteiger partial charge in [0.25, 0.3) is 0 Å². The number of nitrogens with zero attached hydrogens (tertiary/aromatic N) is 1. The molecule has 0 amide bonds. The predicted molar refractivity (Wildman–Crippen MR) is 140 cm³/mol. The Balaban J connectivity index is 1.50. The van der Waals surface area contributed by atoms with Crippen LogP contribution in [0, 0.1) is 6.92 Å². The Kier molecular flexibility index (Phi) is 4.81. The molecule has 0 saturated heterocycles. The SMILES string of the molecule is Cc1ccc(-c2ccc3c(c2)Cc2cc(-c4ccccc4)ccc2N3c2ccccc2)cc1. The summed E-state index contributed by atoms with van der Waals surface area (Å²) in [5, 5.41) is 0. The molecule has 6 rings (SSSR count). The van der Waals surface area contributed by atoms with Crippen LogP contribution < -0.4 is 4.90 Å². The van der Waals surface area contributed by atoms with E-state index in [4.69, 9.17) is 0 Å². The molecule has 0 saturated carbocycles. The topological polar surface area (TPSA) is 3.24 Å². The number of anilines is 3. The smallest absolute Gasteiger partial charge is 0.0497 e. The lowest BCUT2D eigenvalue weighted by Crippen LogP contribution is -2.18. The average molecular weight is 424 g/mol. The van der Waals surface area contributed by atoms with E-state index in [0.29, 0.717) is 0 Å². The van der Waals surface area contributed by atoms with Gasteiger partial charge in [-0.3, -0.25) is 0 Å². The van der Waals surface area contributed by atoms with E-state index in [0.717, 1.165) is 6.42 Å². The first-order valence-electron chi connectivity index (χ1n) is 11.5. The zero-order chi connectivity index (χ0) is 22.2. The van der Waals surface area contributed by atoms with E-state index in [1.165, 1.54) is 56.0 Å². The monoisotopic (exact) mass is 423 g/mol. The zero-order valence-electron chi connectivity index (χ0n) is 18.7. The van der Waals surface area contributed by atoms with Crippen molar-refractivity contribution < 1.29 is 0 Å². The van der Waals surface area contributed by atoms with Gasteiger partial charge in [-0.15, -0.1) is 0 Å². The van der Waals surface area contributed by atoms with Crippen LogP contribution in [-0.4, -0.2) is 0 Å². The molecule has 1 nitrogen and oxygen atoms in total. The molecule has 158 valence electrons. The lowest BCUT2D eigenvalue weighted by molar-refractivity contribution is 1.09. The van der Waals surface area contributed by atoms with E-state index < -0.39 is 0 Å². The number of rotatable bonds is 3. The van der Waals surface area contributed by atoms with Crippen LogP contribution >= 0.6 is 0 Å². The van der Waals surface area contributed by atoms with Gasteiger partial charge in [0.05, 0.1) is 0 Å². The quantitative estimate of drug-likeness (QED) is 0.275. The fourth-order valence-corrected chi connectivity index (χ4v) is 4.82.